The van der Waals surface area contributed by atoms with Gasteiger partial charge in [0.15, 0.2) is 5.13 Å². The van der Waals surface area contributed by atoms with Gasteiger partial charge in [0.25, 0.3) is 5.91 Å². The van der Waals surface area contributed by atoms with Crippen molar-refractivity contribution in [1.29, 1.82) is 0 Å². The van der Waals surface area contributed by atoms with Crippen LogP contribution in [-0.2, 0) is 0 Å². The van der Waals surface area contributed by atoms with Gasteiger partial charge in [-0.3, -0.25) is 10.1 Å². The lowest BCUT2D eigenvalue weighted by Crippen LogP contribution is -2.13. The Kier molecular flexibility index (Phi) is 4.12. The molecule has 0 radical (unpaired) electrons. The van der Waals surface area contributed by atoms with Gasteiger partial charge in [0, 0.05) is 17.0 Å². The first kappa shape index (κ1) is 15.2. The van der Waals surface area contributed by atoms with Crippen LogP contribution >= 0.6 is 11.3 Å². The summed E-state index contributed by atoms with van der Waals surface area (Å²) >= 11 is 1.12. The van der Waals surface area contributed by atoms with Gasteiger partial charge >= 0.3 is 0 Å². The third-order valence-corrected chi connectivity index (χ3v) is 3.78. The van der Waals surface area contributed by atoms with Gasteiger partial charge in [0.2, 0.25) is 0 Å². The molecule has 3 nitrogen and oxygen atoms in total. The largest absolute Gasteiger partial charge is 0.298 e. The average molecular weight is 334 g/mol. The monoisotopic (exact) mass is 334 g/mol. The number of anilines is 1. The predicted octanol–water partition coefficient (Wildman–Crippen LogP) is 4.48. The first-order valence-electron chi connectivity index (χ1n) is 6.51. The molecule has 0 saturated heterocycles. The molecule has 0 saturated carbocycles. The van der Waals surface area contributed by atoms with E-state index in [1.807, 2.05) is 0 Å². The van der Waals surface area contributed by atoms with Crippen molar-refractivity contribution < 1.29 is 18.0 Å². The molecule has 0 spiro atoms. The summed E-state index contributed by atoms with van der Waals surface area (Å²) in [5.74, 6) is -2.84. The molecular formula is C16H9F3N2OS. The van der Waals surface area contributed by atoms with Crippen LogP contribution in [0.1, 0.15) is 10.4 Å². The number of amides is 1. The Labute approximate surface area is 133 Å². The van der Waals surface area contributed by atoms with Crippen LogP contribution < -0.4 is 5.32 Å². The zero-order valence-electron chi connectivity index (χ0n) is 11.5. The van der Waals surface area contributed by atoms with Crippen LogP contribution in [0.2, 0.25) is 0 Å². The lowest BCUT2D eigenvalue weighted by Gasteiger charge is -2.03. The minimum atomic E-state index is -0.954. The number of carbonyl (C=O) groups is 1. The summed E-state index contributed by atoms with van der Waals surface area (Å²) in [6.45, 7) is 0. The van der Waals surface area contributed by atoms with Gasteiger partial charge in [-0.25, -0.2) is 18.2 Å². The van der Waals surface area contributed by atoms with Crippen molar-refractivity contribution in [1.82, 2.24) is 4.98 Å². The van der Waals surface area contributed by atoms with E-state index in [1.54, 1.807) is 17.5 Å². The zero-order valence-corrected chi connectivity index (χ0v) is 12.3. The Morgan fingerprint density at radius 1 is 1.04 bits per heavy atom. The molecule has 0 fully saturated rings. The van der Waals surface area contributed by atoms with Crippen molar-refractivity contribution in [3.05, 3.63) is 70.9 Å². The van der Waals surface area contributed by atoms with E-state index in [1.165, 1.54) is 12.1 Å². The molecule has 116 valence electrons. The molecule has 0 aliphatic rings. The van der Waals surface area contributed by atoms with Gasteiger partial charge in [-0.2, -0.15) is 0 Å². The molecule has 2 aromatic carbocycles. The van der Waals surface area contributed by atoms with Gasteiger partial charge in [0.05, 0.1) is 11.3 Å². The summed E-state index contributed by atoms with van der Waals surface area (Å²) in [6, 6.07) is 8.56. The van der Waals surface area contributed by atoms with Crippen molar-refractivity contribution >= 4 is 22.4 Å². The van der Waals surface area contributed by atoms with E-state index in [2.05, 4.69) is 10.3 Å². The van der Waals surface area contributed by atoms with E-state index < -0.39 is 23.4 Å². The molecule has 0 bridgehead atoms. The quantitative estimate of drug-likeness (QED) is 0.767. The van der Waals surface area contributed by atoms with Crippen LogP contribution in [0.4, 0.5) is 18.3 Å². The highest BCUT2D eigenvalue weighted by molar-refractivity contribution is 7.14. The number of hydrogen-bond acceptors (Lipinski definition) is 3. The van der Waals surface area contributed by atoms with E-state index in [4.69, 9.17) is 0 Å². The highest BCUT2D eigenvalue weighted by atomic mass is 32.1. The molecule has 0 unspecified atom stereocenters. The minimum absolute atomic E-state index is 0.234. The molecule has 1 amide bonds. The van der Waals surface area contributed by atoms with Crippen molar-refractivity contribution in [2.75, 3.05) is 5.32 Å². The number of carbonyl (C=O) groups excluding carboxylic acids is 1. The van der Waals surface area contributed by atoms with Crippen molar-refractivity contribution in [3.63, 3.8) is 0 Å². The first-order valence-corrected chi connectivity index (χ1v) is 7.39. The van der Waals surface area contributed by atoms with Gasteiger partial charge in [-0.1, -0.05) is 12.1 Å². The number of nitrogens with zero attached hydrogens (tertiary/aromatic N) is 1. The fraction of sp³-hybridized carbons (Fsp3) is 0. The fourth-order valence-corrected chi connectivity index (χ4v) is 2.66. The maximum Gasteiger partial charge on any atom is 0.260 e. The molecule has 7 heteroatoms. The Balaban J connectivity index is 1.80. The number of nitrogens with one attached hydrogen (secondary N) is 1. The standard InChI is InChI=1S/C16H9F3N2OS/c17-10-3-1-2-9(6-10)14-8-23-16(20-14)21-15(22)12-5-4-11(18)7-13(12)19/h1-8H,(H,20,21,22). The first-order chi connectivity index (χ1) is 11.0. The van der Waals surface area contributed by atoms with Crippen molar-refractivity contribution in [2.24, 2.45) is 0 Å². The lowest BCUT2D eigenvalue weighted by atomic mass is 10.2. The van der Waals surface area contributed by atoms with Crippen molar-refractivity contribution in [2.45, 2.75) is 0 Å². The molecule has 3 rings (SSSR count). The predicted molar refractivity (Wildman–Crippen MR) is 81.8 cm³/mol. The van der Waals surface area contributed by atoms with E-state index in [0.717, 1.165) is 23.5 Å². The molecule has 0 aliphatic heterocycles. The smallest absolute Gasteiger partial charge is 0.260 e. The van der Waals surface area contributed by atoms with Gasteiger partial charge in [0.1, 0.15) is 17.5 Å². The Morgan fingerprint density at radius 3 is 2.57 bits per heavy atom. The summed E-state index contributed by atoms with van der Waals surface area (Å²) in [6.07, 6.45) is 0. The number of hydrogen-bond donors (Lipinski definition) is 1. The van der Waals surface area contributed by atoms with Crippen molar-refractivity contribution in [3.8, 4) is 11.3 Å². The summed E-state index contributed by atoms with van der Waals surface area (Å²) in [7, 11) is 0. The zero-order chi connectivity index (χ0) is 16.4. The van der Waals surface area contributed by atoms with Crippen LogP contribution in [0, 0.1) is 17.5 Å². The fourth-order valence-electron chi connectivity index (χ4n) is 1.95. The van der Waals surface area contributed by atoms with Gasteiger partial charge in [-0.15, -0.1) is 11.3 Å². The SMILES string of the molecule is O=C(Nc1nc(-c2cccc(F)c2)cs1)c1ccc(F)cc1F. The second kappa shape index (κ2) is 6.21. The van der Waals surface area contributed by atoms with E-state index in [-0.39, 0.29) is 10.7 Å². The van der Waals surface area contributed by atoms with Crippen LogP contribution in [0.25, 0.3) is 11.3 Å². The maximum atomic E-state index is 13.6. The van der Waals surface area contributed by atoms with Crippen LogP contribution in [0.5, 0.6) is 0 Å². The molecule has 0 atom stereocenters. The van der Waals surface area contributed by atoms with Gasteiger partial charge < -0.3 is 0 Å². The molecular weight excluding hydrogens is 325 g/mol. The van der Waals surface area contributed by atoms with E-state index in [0.29, 0.717) is 17.3 Å². The molecule has 1 aromatic heterocycles. The highest BCUT2D eigenvalue weighted by Gasteiger charge is 2.14. The molecule has 23 heavy (non-hydrogen) atoms. The molecule has 0 aliphatic carbocycles. The third-order valence-electron chi connectivity index (χ3n) is 3.02. The molecule has 1 N–H and O–H groups in total. The van der Waals surface area contributed by atoms with Crippen LogP contribution in [-0.4, -0.2) is 10.9 Å². The van der Waals surface area contributed by atoms with E-state index >= 15 is 0 Å². The number of rotatable bonds is 3. The topological polar surface area (TPSA) is 42.0 Å². The Morgan fingerprint density at radius 2 is 1.83 bits per heavy atom. The second-order valence-corrected chi connectivity index (χ2v) is 5.48. The number of benzene rings is 2. The highest BCUT2D eigenvalue weighted by Crippen LogP contribution is 2.25. The number of halogens is 3. The minimum Gasteiger partial charge on any atom is -0.298 e. The summed E-state index contributed by atoms with van der Waals surface area (Å²) in [5.41, 5.74) is 0.771. The lowest BCUT2D eigenvalue weighted by molar-refractivity contribution is 0.102. The molecule has 3 aromatic rings. The Hall–Kier alpha value is -2.67. The summed E-state index contributed by atoms with van der Waals surface area (Å²) in [5, 5.41) is 4.31. The summed E-state index contributed by atoms with van der Waals surface area (Å²) < 4.78 is 39.6. The summed E-state index contributed by atoms with van der Waals surface area (Å²) in [4.78, 5) is 16.1. The Bertz CT molecular complexity index is 879. The van der Waals surface area contributed by atoms with Crippen LogP contribution in [0.15, 0.2) is 47.8 Å². The van der Waals surface area contributed by atoms with E-state index in [9.17, 15) is 18.0 Å². The second-order valence-electron chi connectivity index (χ2n) is 4.63. The molecule has 1 heterocycles. The maximum absolute atomic E-state index is 13.6. The number of aromatic nitrogens is 1. The van der Waals surface area contributed by atoms with Gasteiger partial charge in [-0.05, 0) is 24.3 Å². The number of thiazole rings is 1. The van der Waals surface area contributed by atoms with Crippen LogP contribution in [0.3, 0.4) is 0 Å². The average Bonchev–Trinajstić information content (AvgIpc) is 2.95. The third kappa shape index (κ3) is 3.40. The normalized spacial score (nSPS) is 10.6.